The molecule has 0 bridgehead atoms. The molecule has 0 aromatic carbocycles. The van der Waals surface area contributed by atoms with Crippen molar-refractivity contribution in [1.29, 1.82) is 0 Å². The predicted octanol–water partition coefficient (Wildman–Crippen LogP) is 2.32. The Bertz CT molecular complexity index is 130. The average Bonchev–Trinajstić information content (AvgIpc) is 2.51. The van der Waals surface area contributed by atoms with Crippen LogP contribution in [0.4, 0.5) is 0 Å². The van der Waals surface area contributed by atoms with E-state index in [4.69, 9.17) is 10.5 Å². The van der Waals surface area contributed by atoms with Crippen LogP contribution < -0.4 is 5.73 Å². The quantitative estimate of drug-likeness (QED) is 0.713. The first-order chi connectivity index (χ1) is 6.18. The SMILES string of the molecule is CC(N)CC(C)OCC1CCCC1. The average molecular weight is 185 g/mol. The maximum atomic E-state index is 5.76. The molecule has 0 heterocycles. The Morgan fingerprint density at radius 3 is 2.46 bits per heavy atom. The van der Waals surface area contributed by atoms with Crippen molar-refractivity contribution in [3.05, 3.63) is 0 Å². The van der Waals surface area contributed by atoms with Gasteiger partial charge in [0.2, 0.25) is 0 Å². The van der Waals surface area contributed by atoms with E-state index < -0.39 is 0 Å². The fourth-order valence-electron chi connectivity index (χ4n) is 2.07. The third kappa shape index (κ3) is 4.63. The molecule has 0 amide bonds. The summed E-state index contributed by atoms with van der Waals surface area (Å²) in [5.41, 5.74) is 5.70. The van der Waals surface area contributed by atoms with Crippen molar-refractivity contribution >= 4 is 0 Å². The lowest BCUT2D eigenvalue weighted by Crippen LogP contribution is -2.24. The zero-order valence-electron chi connectivity index (χ0n) is 8.96. The molecule has 0 aliphatic heterocycles. The van der Waals surface area contributed by atoms with E-state index >= 15 is 0 Å². The molecule has 78 valence electrons. The Kier molecular flexibility index (Phi) is 4.74. The predicted molar refractivity (Wildman–Crippen MR) is 55.6 cm³/mol. The van der Waals surface area contributed by atoms with Gasteiger partial charge in [-0.2, -0.15) is 0 Å². The Labute approximate surface area is 81.8 Å². The minimum atomic E-state index is 0.263. The van der Waals surface area contributed by atoms with Crippen molar-refractivity contribution in [1.82, 2.24) is 0 Å². The van der Waals surface area contributed by atoms with Crippen LogP contribution >= 0.6 is 0 Å². The van der Waals surface area contributed by atoms with Crippen LogP contribution in [0.5, 0.6) is 0 Å². The molecule has 2 nitrogen and oxygen atoms in total. The molecule has 2 N–H and O–H groups in total. The third-order valence-electron chi connectivity index (χ3n) is 2.79. The molecule has 1 fully saturated rings. The number of rotatable bonds is 5. The highest BCUT2D eigenvalue weighted by atomic mass is 16.5. The highest BCUT2D eigenvalue weighted by molar-refractivity contribution is 4.67. The van der Waals surface area contributed by atoms with Crippen molar-refractivity contribution in [2.45, 2.75) is 58.1 Å². The van der Waals surface area contributed by atoms with Gasteiger partial charge in [-0.1, -0.05) is 12.8 Å². The largest absolute Gasteiger partial charge is 0.378 e. The maximum absolute atomic E-state index is 5.76. The van der Waals surface area contributed by atoms with E-state index in [1.807, 2.05) is 6.92 Å². The fourth-order valence-corrected chi connectivity index (χ4v) is 2.07. The zero-order chi connectivity index (χ0) is 9.68. The highest BCUT2D eigenvalue weighted by Gasteiger charge is 2.16. The molecule has 0 spiro atoms. The Hall–Kier alpha value is -0.0800. The van der Waals surface area contributed by atoms with E-state index in [1.165, 1.54) is 25.7 Å². The van der Waals surface area contributed by atoms with E-state index in [-0.39, 0.29) is 6.04 Å². The molecule has 1 aliphatic rings. The molecule has 0 radical (unpaired) electrons. The molecule has 2 unspecified atom stereocenters. The molecule has 0 aromatic heterocycles. The van der Waals surface area contributed by atoms with Crippen LogP contribution in [0, 0.1) is 5.92 Å². The topological polar surface area (TPSA) is 35.2 Å². The molecule has 1 saturated carbocycles. The van der Waals surface area contributed by atoms with Crippen LogP contribution in [0.3, 0.4) is 0 Å². The van der Waals surface area contributed by atoms with Crippen LogP contribution in [0.2, 0.25) is 0 Å². The van der Waals surface area contributed by atoms with Crippen molar-refractivity contribution in [2.24, 2.45) is 11.7 Å². The summed E-state index contributed by atoms with van der Waals surface area (Å²) in [7, 11) is 0. The second-order valence-corrected chi connectivity index (χ2v) is 4.51. The van der Waals surface area contributed by atoms with Crippen LogP contribution in [0.1, 0.15) is 46.0 Å². The molecular formula is C11H23NO. The molecule has 1 aliphatic carbocycles. The molecule has 0 aromatic rings. The van der Waals surface area contributed by atoms with Gasteiger partial charge in [0, 0.05) is 12.6 Å². The number of ether oxygens (including phenoxy) is 1. The van der Waals surface area contributed by atoms with E-state index in [2.05, 4.69) is 6.92 Å². The lowest BCUT2D eigenvalue weighted by atomic mass is 10.1. The number of hydrogen-bond donors (Lipinski definition) is 1. The minimum absolute atomic E-state index is 0.263. The van der Waals surface area contributed by atoms with Crippen molar-refractivity contribution in [3.63, 3.8) is 0 Å². The second-order valence-electron chi connectivity index (χ2n) is 4.51. The third-order valence-corrected chi connectivity index (χ3v) is 2.79. The molecule has 2 atom stereocenters. The highest BCUT2D eigenvalue weighted by Crippen LogP contribution is 2.25. The van der Waals surface area contributed by atoms with Gasteiger partial charge in [-0.05, 0) is 39.0 Å². The molecule has 13 heavy (non-hydrogen) atoms. The Balaban J connectivity index is 2.03. The van der Waals surface area contributed by atoms with Gasteiger partial charge in [-0.25, -0.2) is 0 Å². The Morgan fingerprint density at radius 2 is 1.92 bits per heavy atom. The summed E-state index contributed by atoms with van der Waals surface area (Å²) in [5, 5.41) is 0. The van der Waals surface area contributed by atoms with E-state index in [9.17, 15) is 0 Å². The monoisotopic (exact) mass is 185 g/mol. The first kappa shape index (κ1) is 11.0. The summed E-state index contributed by atoms with van der Waals surface area (Å²) in [5.74, 6) is 0.829. The molecule has 1 rings (SSSR count). The fraction of sp³-hybridized carbons (Fsp3) is 1.00. The summed E-state index contributed by atoms with van der Waals surface area (Å²) in [4.78, 5) is 0. The number of nitrogens with two attached hydrogens (primary N) is 1. The van der Waals surface area contributed by atoms with Gasteiger partial charge >= 0.3 is 0 Å². The first-order valence-electron chi connectivity index (χ1n) is 5.55. The number of hydrogen-bond acceptors (Lipinski definition) is 2. The van der Waals surface area contributed by atoms with E-state index in [0.717, 1.165) is 18.9 Å². The van der Waals surface area contributed by atoms with Crippen LogP contribution in [-0.2, 0) is 4.74 Å². The lowest BCUT2D eigenvalue weighted by molar-refractivity contribution is 0.0338. The summed E-state index contributed by atoms with van der Waals surface area (Å²) in [6, 6.07) is 0.263. The molecule has 2 heteroatoms. The zero-order valence-corrected chi connectivity index (χ0v) is 8.96. The standard InChI is InChI=1S/C11H23NO/c1-9(12)7-10(2)13-8-11-5-3-4-6-11/h9-11H,3-8,12H2,1-2H3. The van der Waals surface area contributed by atoms with Crippen molar-refractivity contribution < 1.29 is 4.74 Å². The Morgan fingerprint density at radius 1 is 1.31 bits per heavy atom. The van der Waals surface area contributed by atoms with Crippen LogP contribution in [0.15, 0.2) is 0 Å². The maximum Gasteiger partial charge on any atom is 0.0561 e. The molecule has 0 saturated heterocycles. The minimum Gasteiger partial charge on any atom is -0.378 e. The van der Waals surface area contributed by atoms with Gasteiger partial charge in [-0.3, -0.25) is 0 Å². The normalized spacial score (nSPS) is 23.3. The molecular weight excluding hydrogens is 162 g/mol. The second kappa shape index (κ2) is 5.61. The van der Waals surface area contributed by atoms with Gasteiger partial charge in [0.25, 0.3) is 0 Å². The lowest BCUT2D eigenvalue weighted by Gasteiger charge is -2.17. The van der Waals surface area contributed by atoms with Gasteiger partial charge in [0.15, 0.2) is 0 Å². The van der Waals surface area contributed by atoms with Crippen molar-refractivity contribution in [3.8, 4) is 0 Å². The van der Waals surface area contributed by atoms with Crippen LogP contribution in [0.25, 0.3) is 0 Å². The van der Waals surface area contributed by atoms with Gasteiger partial charge in [-0.15, -0.1) is 0 Å². The van der Waals surface area contributed by atoms with E-state index in [0.29, 0.717) is 6.10 Å². The van der Waals surface area contributed by atoms with Gasteiger partial charge < -0.3 is 10.5 Å². The summed E-state index contributed by atoms with van der Waals surface area (Å²) >= 11 is 0. The van der Waals surface area contributed by atoms with Crippen LogP contribution in [-0.4, -0.2) is 18.8 Å². The van der Waals surface area contributed by atoms with Gasteiger partial charge in [0.1, 0.15) is 0 Å². The first-order valence-corrected chi connectivity index (χ1v) is 5.55. The summed E-state index contributed by atoms with van der Waals surface area (Å²) in [6.45, 7) is 5.11. The van der Waals surface area contributed by atoms with E-state index in [1.54, 1.807) is 0 Å². The van der Waals surface area contributed by atoms with Gasteiger partial charge in [0.05, 0.1) is 6.10 Å². The smallest absolute Gasteiger partial charge is 0.0561 e. The summed E-state index contributed by atoms with van der Waals surface area (Å²) < 4.78 is 5.76. The van der Waals surface area contributed by atoms with Crippen molar-refractivity contribution in [2.75, 3.05) is 6.61 Å². The summed E-state index contributed by atoms with van der Waals surface area (Å²) in [6.07, 6.45) is 6.84.